The smallest absolute Gasteiger partial charge is 0.135 e. The maximum Gasteiger partial charge on any atom is 0.135 e. The van der Waals surface area contributed by atoms with Crippen LogP contribution in [0.2, 0.25) is 0 Å². The first-order valence-electron chi connectivity index (χ1n) is 29.5. The van der Waals surface area contributed by atoms with Crippen molar-refractivity contribution in [1.82, 2.24) is 18.7 Å². The molecule has 0 unspecified atom stereocenters. The molecule has 0 spiro atoms. The predicted molar refractivity (Wildman–Crippen MR) is 327 cm³/mol. The average molecular weight is 1220 g/mol. The zero-order valence-corrected chi connectivity index (χ0v) is 46.1. The molecule has 0 radical (unpaired) electrons. The van der Waals surface area contributed by atoms with E-state index in [2.05, 4.69) is 116 Å². The van der Waals surface area contributed by atoms with Crippen LogP contribution in [0.15, 0.2) is 225 Å². The van der Waals surface area contributed by atoms with Crippen molar-refractivity contribution < 1.29 is 34.0 Å². The largest absolute Gasteiger partial charge is 0.509 e. The van der Waals surface area contributed by atoms with E-state index in [-0.39, 0.29) is 26.5 Å². The third-order valence-corrected chi connectivity index (χ3v) is 15.6. The number of aryl methyl sites for hydroxylation is 2. The molecule has 5 heterocycles. The Morgan fingerprint density at radius 1 is 0.500 bits per heavy atom. The van der Waals surface area contributed by atoms with Crippen molar-refractivity contribution >= 4 is 88.2 Å². The summed E-state index contributed by atoms with van der Waals surface area (Å²) in [6, 6.07) is 79.4. The quantitative estimate of drug-likeness (QED) is 0.142. The Morgan fingerprint density at radius 2 is 1.09 bits per heavy atom. The number of pyridine rings is 1. The van der Waals surface area contributed by atoms with Gasteiger partial charge in [0.15, 0.2) is 0 Å². The van der Waals surface area contributed by atoms with Gasteiger partial charge in [0, 0.05) is 122 Å². The third kappa shape index (κ3) is 7.70. The second kappa shape index (κ2) is 19.0. The van der Waals surface area contributed by atoms with E-state index in [1.165, 1.54) is 9.13 Å². The summed E-state index contributed by atoms with van der Waals surface area (Å²) in [5.41, 5.74) is 12.9. The fourth-order valence-electron chi connectivity index (χ4n) is 12.1. The predicted octanol–water partition coefficient (Wildman–Crippen LogP) is 18.6. The van der Waals surface area contributed by atoms with Crippen LogP contribution in [-0.2, 0) is 40.4 Å². The minimum atomic E-state index is -2.70. The number of ether oxygens (including phenoxy) is 1. The summed E-state index contributed by atoms with van der Waals surface area (Å²) in [6.07, 6.45) is 1.99. The molecular weight excluding hydrogens is 1160 g/mol. The van der Waals surface area contributed by atoms with Gasteiger partial charge in [-0.2, -0.15) is 12.1 Å². The Kier molecular flexibility index (Phi) is 10.2. The monoisotopic (exact) mass is 1220 g/mol. The van der Waals surface area contributed by atoms with Gasteiger partial charge in [-0.15, -0.1) is 48.1 Å². The summed E-state index contributed by atoms with van der Waals surface area (Å²) in [7, 11) is 0. The van der Waals surface area contributed by atoms with Gasteiger partial charge in [-0.25, -0.2) is 4.98 Å². The van der Waals surface area contributed by atoms with E-state index in [0.717, 1.165) is 83.0 Å². The number of benzene rings is 10. The number of nitrogens with zero attached hydrogens (tertiary/aromatic N) is 6. The summed E-state index contributed by atoms with van der Waals surface area (Å²) in [4.78, 5) is 9.14. The summed E-state index contributed by atoms with van der Waals surface area (Å²) < 4.78 is 67.5. The number of hydrogen-bond acceptors (Lipinski definition) is 4. The Balaban J connectivity index is 0.00000653. The summed E-state index contributed by atoms with van der Waals surface area (Å²) in [5.74, 6) is 1.65. The fourth-order valence-corrected chi connectivity index (χ4v) is 12.1. The molecule has 0 aliphatic carbocycles. The number of anilines is 4. The number of rotatable bonds is 8. The molecule has 0 N–H and O–H groups in total. The molecule has 7 nitrogen and oxygen atoms in total. The van der Waals surface area contributed by atoms with Gasteiger partial charge in [0.25, 0.3) is 0 Å². The molecule has 4 aromatic heterocycles. The SMILES string of the molecule is [2H]C([2H])([2H])n1c2ccccc2c2c(-c3ccccc3)c3c4ccccc4n(C([2H])([2H])[2H])c3c(N3[CH-]N(c4[c-]c(Oc5[c-]c6c(cc5)c5cc(-c7ccccc7)ccc5n6-c5cc(C(C)(C)C)c(-c6ccccc6)cn5)ccc4)c4ccccc43)c21.[Pt]. The van der Waals surface area contributed by atoms with Gasteiger partial charge in [0.05, 0.1) is 16.7 Å². The van der Waals surface area contributed by atoms with Crippen molar-refractivity contribution in [3.63, 3.8) is 0 Å². The minimum Gasteiger partial charge on any atom is -0.509 e. The van der Waals surface area contributed by atoms with Crippen LogP contribution in [0, 0.1) is 18.8 Å². The normalized spacial score (nSPS) is 14.0. The van der Waals surface area contributed by atoms with Crippen molar-refractivity contribution in [2.75, 3.05) is 9.80 Å². The van der Waals surface area contributed by atoms with Crippen LogP contribution in [0.25, 0.3) is 105 Å². The Bertz CT molecular complexity index is 4880. The first-order chi connectivity index (χ1) is 41.1. The number of hydrogen-bond donors (Lipinski definition) is 0. The van der Waals surface area contributed by atoms with Crippen molar-refractivity contribution in [3.8, 4) is 50.7 Å². The zero-order chi connectivity index (χ0) is 58.1. The molecule has 0 atom stereocenters. The summed E-state index contributed by atoms with van der Waals surface area (Å²) in [6.45, 7) is 3.20. The standard InChI is InChI=1S/C72H53N6O.Pt/c1-72(2,3)58-43-65(73-44-57(58)47-24-11-7-12-25-47)78-61-39-36-49(46-22-9-6-10-23-46)40-56(61)53-38-37-52(42-64(53)78)79-51-29-21-28-50(41-51)76-45-77(63-35-20-19-34-62(63)76)71-69-67(54-30-15-17-32-59(54)74(69)4)66(48-26-13-8-14-27-48)68-55-31-16-18-33-60(55)75(5)70(68)71;/h6-40,43-45H,1-5H3;/q-3;/i4D3,5D3;. The molecule has 1 aliphatic rings. The molecule has 10 aromatic carbocycles. The zero-order valence-electron chi connectivity index (χ0n) is 49.8. The first-order valence-corrected chi connectivity index (χ1v) is 26.5. The molecule has 8 heteroatoms. The van der Waals surface area contributed by atoms with Gasteiger partial charge in [-0.3, -0.25) is 0 Å². The van der Waals surface area contributed by atoms with E-state index >= 15 is 0 Å². The fraction of sp³-hybridized carbons (Fsp3) is 0.0833. The molecule has 15 rings (SSSR count). The average Bonchev–Trinajstić information content (AvgIpc) is 1.51. The first kappa shape index (κ1) is 42.8. The van der Waals surface area contributed by atoms with Gasteiger partial charge >= 0.3 is 0 Å². The van der Waals surface area contributed by atoms with E-state index < -0.39 is 14.0 Å². The van der Waals surface area contributed by atoms with E-state index in [1.807, 2.05) is 162 Å². The van der Waals surface area contributed by atoms with Crippen LogP contribution in [0.5, 0.6) is 11.5 Å². The molecule has 80 heavy (non-hydrogen) atoms. The number of fused-ring (bicyclic) bond motifs is 10. The Morgan fingerprint density at radius 3 is 1.74 bits per heavy atom. The summed E-state index contributed by atoms with van der Waals surface area (Å²) >= 11 is 0. The van der Waals surface area contributed by atoms with Gasteiger partial charge in [0.1, 0.15) is 5.82 Å². The second-order valence-corrected chi connectivity index (χ2v) is 21.3. The molecule has 14 aromatic rings. The second-order valence-electron chi connectivity index (χ2n) is 21.3. The number of aromatic nitrogens is 4. The van der Waals surface area contributed by atoms with Crippen molar-refractivity contribution in [2.24, 2.45) is 14.0 Å². The molecule has 0 fully saturated rings. The van der Waals surface area contributed by atoms with Crippen molar-refractivity contribution in [2.45, 2.75) is 26.2 Å². The molecule has 390 valence electrons. The maximum absolute atomic E-state index is 9.27. The van der Waals surface area contributed by atoms with Gasteiger partial charge in [-0.1, -0.05) is 178 Å². The Labute approximate surface area is 487 Å². The van der Waals surface area contributed by atoms with E-state index in [1.54, 1.807) is 0 Å². The van der Waals surface area contributed by atoms with Crippen LogP contribution in [0.4, 0.5) is 22.7 Å². The Hall–Kier alpha value is -9.16. The van der Waals surface area contributed by atoms with Crippen molar-refractivity contribution in [1.29, 1.82) is 0 Å². The van der Waals surface area contributed by atoms with E-state index in [9.17, 15) is 8.22 Å². The van der Waals surface area contributed by atoms with Crippen LogP contribution in [-0.4, -0.2) is 18.7 Å². The molecule has 0 amide bonds. The summed E-state index contributed by atoms with van der Waals surface area (Å²) in [5, 5.41) is 4.88. The minimum absolute atomic E-state index is 0. The molecule has 0 saturated heterocycles. The van der Waals surface area contributed by atoms with Gasteiger partial charge in [0.2, 0.25) is 0 Å². The molecular formula is C72H53N6OPt-3. The molecule has 0 saturated carbocycles. The topological polar surface area (TPSA) is 43.4 Å². The van der Waals surface area contributed by atoms with Gasteiger partial charge < -0.3 is 28.2 Å². The van der Waals surface area contributed by atoms with Crippen LogP contribution < -0.4 is 14.5 Å². The maximum atomic E-state index is 9.27. The van der Waals surface area contributed by atoms with E-state index in [0.29, 0.717) is 61.4 Å². The van der Waals surface area contributed by atoms with Crippen LogP contribution in [0.3, 0.4) is 0 Å². The van der Waals surface area contributed by atoms with E-state index in [4.69, 9.17) is 9.72 Å². The van der Waals surface area contributed by atoms with Crippen LogP contribution in [0.1, 0.15) is 34.6 Å². The third-order valence-electron chi connectivity index (χ3n) is 15.6. The van der Waals surface area contributed by atoms with Crippen LogP contribution >= 0.6 is 0 Å². The molecule has 0 bridgehead atoms. The number of para-hydroxylation sites is 4. The molecule has 1 aliphatic heterocycles. The van der Waals surface area contributed by atoms with Crippen molar-refractivity contribution in [3.05, 3.63) is 249 Å². The van der Waals surface area contributed by atoms with Gasteiger partial charge in [-0.05, 0) is 75.0 Å².